The lowest BCUT2D eigenvalue weighted by molar-refractivity contribution is 0.0991. The van der Waals surface area contributed by atoms with E-state index < -0.39 is 11.6 Å². The van der Waals surface area contributed by atoms with Crippen LogP contribution in [0.4, 0.5) is 8.78 Å². The fraction of sp³-hybridized carbons (Fsp3) is 0.0714. The van der Waals surface area contributed by atoms with Crippen LogP contribution in [0.3, 0.4) is 0 Å². The summed E-state index contributed by atoms with van der Waals surface area (Å²) in [7, 11) is 0. The molecule has 92 valence electrons. The molecule has 2 aromatic carbocycles. The molecule has 0 aliphatic heterocycles. The van der Waals surface area contributed by atoms with Crippen molar-refractivity contribution in [3.8, 4) is 0 Å². The zero-order chi connectivity index (χ0) is 13.1. The Kier molecular flexibility index (Phi) is 3.87. The van der Waals surface area contributed by atoms with Gasteiger partial charge in [0.25, 0.3) is 0 Å². The third kappa shape index (κ3) is 2.82. The van der Waals surface area contributed by atoms with Crippen molar-refractivity contribution in [2.75, 3.05) is 0 Å². The Hall–Kier alpha value is -1.55. The van der Waals surface area contributed by atoms with Crippen molar-refractivity contribution in [3.05, 3.63) is 69.7 Å². The highest BCUT2D eigenvalue weighted by molar-refractivity contribution is 9.10. The van der Waals surface area contributed by atoms with Gasteiger partial charge in [-0.25, -0.2) is 8.78 Å². The number of Topliss-reactive ketones (excluding diaryl/α,β-unsaturated/α-hetero) is 1. The predicted octanol–water partition coefficient (Wildman–Crippen LogP) is 4.15. The van der Waals surface area contributed by atoms with Gasteiger partial charge in [-0.3, -0.25) is 4.79 Å². The fourth-order valence-electron chi connectivity index (χ4n) is 1.60. The van der Waals surface area contributed by atoms with Crippen LogP contribution in [0.15, 0.2) is 46.9 Å². The van der Waals surface area contributed by atoms with Crippen LogP contribution in [0.2, 0.25) is 0 Å². The largest absolute Gasteiger partial charge is 0.294 e. The number of hydrogen-bond acceptors (Lipinski definition) is 1. The van der Waals surface area contributed by atoms with Crippen molar-refractivity contribution in [2.24, 2.45) is 0 Å². The number of rotatable bonds is 3. The minimum absolute atomic E-state index is 0.0721. The zero-order valence-corrected chi connectivity index (χ0v) is 10.9. The Labute approximate surface area is 112 Å². The van der Waals surface area contributed by atoms with Crippen LogP contribution in [-0.2, 0) is 6.42 Å². The maximum Gasteiger partial charge on any atom is 0.167 e. The molecule has 2 rings (SSSR count). The number of carbonyl (C=O) groups excluding carboxylic acids is 1. The monoisotopic (exact) mass is 310 g/mol. The van der Waals surface area contributed by atoms with Gasteiger partial charge in [-0.1, -0.05) is 40.2 Å². The lowest BCUT2D eigenvalue weighted by atomic mass is 10.0. The van der Waals surface area contributed by atoms with Gasteiger partial charge in [-0.15, -0.1) is 0 Å². The molecule has 0 heterocycles. The minimum atomic E-state index is -0.956. The van der Waals surface area contributed by atoms with Crippen LogP contribution >= 0.6 is 15.9 Å². The molecule has 0 spiro atoms. The van der Waals surface area contributed by atoms with Crippen LogP contribution in [0.25, 0.3) is 0 Å². The molecule has 18 heavy (non-hydrogen) atoms. The number of halogens is 3. The molecule has 0 N–H and O–H groups in total. The third-order valence-corrected chi connectivity index (χ3v) is 3.08. The molecule has 0 unspecified atom stereocenters. The lowest BCUT2D eigenvalue weighted by Gasteiger charge is -2.04. The highest BCUT2D eigenvalue weighted by atomic mass is 79.9. The van der Waals surface area contributed by atoms with Crippen LogP contribution in [0, 0.1) is 11.6 Å². The van der Waals surface area contributed by atoms with Crippen molar-refractivity contribution in [2.45, 2.75) is 6.42 Å². The van der Waals surface area contributed by atoms with Gasteiger partial charge in [-0.2, -0.15) is 0 Å². The fourth-order valence-corrected chi connectivity index (χ4v) is 1.86. The molecule has 2 aromatic rings. The Balaban J connectivity index is 2.21. The molecular weight excluding hydrogens is 302 g/mol. The van der Waals surface area contributed by atoms with Gasteiger partial charge in [-0.05, 0) is 23.8 Å². The van der Waals surface area contributed by atoms with Crippen LogP contribution in [-0.4, -0.2) is 5.78 Å². The van der Waals surface area contributed by atoms with Gasteiger partial charge in [0.15, 0.2) is 17.4 Å². The first-order valence-electron chi connectivity index (χ1n) is 5.29. The van der Waals surface area contributed by atoms with E-state index >= 15 is 0 Å². The molecule has 0 bridgehead atoms. The molecule has 1 nitrogen and oxygen atoms in total. The molecule has 0 aliphatic rings. The summed E-state index contributed by atoms with van der Waals surface area (Å²) in [5, 5.41) is 0. The van der Waals surface area contributed by atoms with E-state index in [0.717, 1.165) is 10.5 Å². The molecule has 0 amide bonds. The molecule has 0 radical (unpaired) electrons. The van der Waals surface area contributed by atoms with E-state index in [1.807, 2.05) is 0 Å². The van der Waals surface area contributed by atoms with Crippen molar-refractivity contribution in [1.82, 2.24) is 0 Å². The first-order chi connectivity index (χ1) is 8.58. The molecular formula is C14H9BrF2O. The van der Waals surface area contributed by atoms with Gasteiger partial charge in [0.1, 0.15) is 0 Å². The predicted molar refractivity (Wildman–Crippen MR) is 68.5 cm³/mol. The molecule has 0 aliphatic carbocycles. The third-order valence-electron chi connectivity index (χ3n) is 2.55. The molecule has 0 fully saturated rings. The first kappa shape index (κ1) is 12.9. The Morgan fingerprint density at radius 1 is 1.06 bits per heavy atom. The zero-order valence-electron chi connectivity index (χ0n) is 9.29. The molecule has 0 atom stereocenters. The summed E-state index contributed by atoms with van der Waals surface area (Å²) in [5.41, 5.74) is 0.546. The SMILES string of the molecule is O=C(Cc1cccc(F)c1F)c1ccc(Br)cc1. The lowest BCUT2D eigenvalue weighted by Crippen LogP contribution is -2.06. The summed E-state index contributed by atoms with van der Waals surface area (Å²) >= 11 is 3.26. The van der Waals surface area contributed by atoms with E-state index in [2.05, 4.69) is 15.9 Å². The van der Waals surface area contributed by atoms with Crippen LogP contribution < -0.4 is 0 Å². The van der Waals surface area contributed by atoms with E-state index in [0.29, 0.717) is 5.56 Å². The summed E-state index contributed by atoms with van der Waals surface area (Å²) in [6.45, 7) is 0. The maximum atomic E-state index is 13.4. The van der Waals surface area contributed by atoms with Crippen molar-refractivity contribution >= 4 is 21.7 Å². The maximum absolute atomic E-state index is 13.4. The minimum Gasteiger partial charge on any atom is -0.294 e. The van der Waals surface area contributed by atoms with E-state index in [1.165, 1.54) is 12.1 Å². The van der Waals surface area contributed by atoms with Crippen molar-refractivity contribution in [3.63, 3.8) is 0 Å². The molecule has 0 saturated carbocycles. The van der Waals surface area contributed by atoms with Gasteiger partial charge in [0, 0.05) is 16.5 Å². The van der Waals surface area contributed by atoms with E-state index in [-0.39, 0.29) is 17.8 Å². The summed E-state index contributed by atoms with van der Waals surface area (Å²) in [6.07, 6.45) is -0.148. The van der Waals surface area contributed by atoms with E-state index in [4.69, 9.17) is 0 Å². The van der Waals surface area contributed by atoms with E-state index in [9.17, 15) is 13.6 Å². The molecule has 0 aromatic heterocycles. The second-order valence-electron chi connectivity index (χ2n) is 3.82. The van der Waals surface area contributed by atoms with Gasteiger partial charge >= 0.3 is 0 Å². The Bertz CT molecular complexity index is 579. The van der Waals surface area contributed by atoms with E-state index in [1.54, 1.807) is 24.3 Å². The Morgan fingerprint density at radius 3 is 2.39 bits per heavy atom. The normalized spacial score (nSPS) is 10.4. The number of benzene rings is 2. The average molecular weight is 311 g/mol. The topological polar surface area (TPSA) is 17.1 Å². The number of ketones is 1. The summed E-state index contributed by atoms with van der Waals surface area (Å²) in [6, 6.07) is 10.6. The number of hydrogen-bond donors (Lipinski definition) is 0. The summed E-state index contributed by atoms with van der Waals surface area (Å²) in [5.74, 6) is -2.13. The molecule has 4 heteroatoms. The smallest absolute Gasteiger partial charge is 0.167 e. The van der Waals surface area contributed by atoms with Crippen molar-refractivity contribution in [1.29, 1.82) is 0 Å². The van der Waals surface area contributed by atoms with Gasteiger partial charge in [0.2, 0.25) is 0 Å². The average Bonchev–Trinajstić information content (AvgIpc) is 2.36. The van der Waals surface area contributed by atoms with Gasteiger partial charge < -0.3 is 0 Å². The number of carbonyl (C=O) groups is 1. The quantitative estimate of drug-likeness (QED) is 0.778. The first-order valence-corrected chi connectivity index (χ1v) is 6.09. The Morgan fingerprint density at radius 2 is 1.72 bits per heavy atom. The summed E-state index contributed by atoms with van der Waals surface area (Å²) in [4.78, 5) is 11.9. The summed E-state index contributed by atoms with van der Waals surface area (Å²) < 4.78 is 27.3. The van der Waals surface area contributed by atoms with Crippen molar-refractivity contribution < 1.29 is 13.6 Å². The second-order valence-corrected chi connectivity index (χ2v) is 4.74. The van der Waals surface area contributed by atoms with Crippen LogP contribution in [0.1, 0.15) is 15.9 Å². The van der Waals surface area contributed by atoms with Gasteiger partial charge in [0.05, 0.1) is 0 Å². The highest BCUT2D eigenvalue weighted by Gasteiger charge is 2.12. The second kappa shape index (κ2) is 5.40. The standard InChI is InChI=1S/C14H9BrF2O/c15-11-6-4-9(5-7-11)13(18)8-10-2-1-3-12(16)14(10)17/h1-7H,8H2. The highest BCUT2D eigenvalue weighted by Crippen LogP contribution is 2.16. The van der Waals surface area contributed by atoms with Crippen LogP contribution in [0.5, 0.6) is 0 Å². The molecule has 0 saturated heterocycles.